The molecule has 0 aliphatic carbocycles. The van der Waals surface area contributed by atoms with Crippen molar-refractivity contribution in [3.05, 3.63) is 12.2 Å². The van der Waals surface area contributed by atoms with Crippen LogP contribution in [0.15, 0.2) is 12.2 Å². The number of nitrogens with one attached hydrogen (secondary N) is 4. The van der Waals surface area contributed by atoms with Crippen LogP contribution < -0.4 is 21.3 Å². The van der Waals surface area contributed by atoms with Gasteiger partial charge in [-0.15, -0.1) is 0 Å². The van der Waals surface area contributed by atoms with Crippen LogP contribution in [0.3, 0.4) is 0 Å². The van der Waals surface area contributed by atoms with Gasteiger partial charge in [-0.1, -0.05) is 142 Å². The van der Waals surface area contributed by atoms with Gasteiger partial charge < -0.3 is 55.6 Å². The van der Waals surface area contributed by atoms with Gasteiger partial charge in [-0.05, 0) is 68.6 Å². The van der Waals surface area contributed by atoms with Gasteiger partial charge in [-0.2, -0.15) is 0 Å². The van der Waals surface area contributed by atoms with Crippen molar-refractivity contribution in [3.63, 3.8) is 0 Å². The fraction of sp³-hybridized carbons (Fsp3) is 0.778. The Kier molecular flexibility index (Phi) is 31.4. The van der Waals surface area contributed by atoms with Crippen molar-refractivity contribution in [2.45, 2.75) is 217 Å². The van der Waals surface area contributed by atoms with Crippen LogP contribution in [0.2, 0.25) is 0 Å². The lowest BCUT2D eigenvalue weighted by molar-refractivity contribution is -0.158. The molecule has 1 aliphatic rings. The molecule has 0 aromatic carbocycles. The van der Waals surface area contributed by atoms with E-state index in [1.54, 1.807) is 95.2 Å². The summed E-state index contributed by atoms with van der Waals surface area (Å²) in [5.41, 5.74) is 0. The summed E-state index contributed by atoms with van der Waals surface area (Å²) in [5.74, 6) is -12.9. The van der Waals surface area contributed by atoms with E-state index in [1.807, 2.05) is 27.7 Å². The highest BCUT2D eigenvalue weighted by molar-refractivity contribution is 6.10. The van der Waals surface area contributed by atoms with Crippen LogP contribution in [0.5, 0.6) is 0 Å². The number of Topliss-reactive ketones (excluding diaryl/α,β-unsaturated/α-hetero) is 1. The largest absolute Gasteiger partial charge is 0.343 e. The third-order valence-corrected chi connectivity index (χ3v) is 17.7. The molecule has 15 atom stereocenters. The maximum absolute atomic E-state index is 15.2. The van der Waals surface area contributed by atoms with E-state index in [1.165, 1.54) is 87.7 Å². The van der Waals surface area contributed by atoms with E-state index >= 15 is 14.4 Å². The van der Waals surface area contributed by atoms with Gasteiger partial charge in [0.1, 0.15) is 54.4 Å². The molecule has 1 saturated heterocycles. The van der Waals surface area contributed by atoms with Crippen LogP contribution in [-0.2, 0) is 57.5 Å². The lowest BCUT2D eigenvalue weighted by atomic mass is 9.91. The zero-order chi connectivity index (χ0) is 66.8. The second-order valence-electron chi connectivity index (χ2n) is 25.4. The number of hydrogen-bond acceptors (Lipinski definition) is 12. The first-order chi connectivity index (χ1) is 39.8. The van der Waals surface area contributed by atoms with Crippen LogP contribution in [0, 0.1) is 47.3 Å². The van der Waals surface area contributed by atoms with Crippen molar-refractivity contribution < 1.29 is 57.5 Å². The van der Waals surface area contributed by atoms with Crippen molar-refractivity contribution in [2.24, 2.45) is 47.3 Å². The molecule has 0 bridgehead atoms. The Balaban J connectivity index is 4.41. The fourth-order valence-electron chi connectivity index (χ4n) is 11.1. The zero-order valence-corrected chi connectivity index (χ0v) is 56.8. The van der Waals surface area contributed by atoms with Gasteiger partial charge in [-0.3, -0.25) is 57.5 Å². The number of amides is 11. The summed E-state index contributed by atoms with van der Waals surface area (Å²) in [4.78, 5) is 184. The van der Waals surface area contributed by atoms with E-state index in [0.717, 1.165) is 9.80 Å². The Bertz CT molecular complexity index is 2420. The van der Waals surface area contributed by atoms with Gasteiger partial charge >= 0.3 is 0 Å². The molecule has 23 heteroatoms. The molecule has 1 aliphatic heterocycles. The Morgan fingerprint density at radius 1 is 0.430 bits per heavy atom. The molecular weight excluding hydrogens is 1100 g/mol. The van der Waals surface area contributed by atoms with E-state index in [0.29, 0.717) is 25.7 Å². The van der Waals surface area contributed by atoms with Crippen LogP contribution >= 0.6 is 0 Å². The monoisotopic (exact) mass is 1210 g/mol. The maximum atomic E-state index is 15.2. The summed E-state index contributed by atoms with van der Waals surface area (Å²) in [5, 5.41) is 11.0. The van der Waals surface area contributed by atoms with E-state index < -0.39 is 185 Å². The van der Waals surface area contributed by atoms with Gasteiger partial charge in [0.05, 0.1) is 6.54 Å². The topological polar surface area (TPSA) is 276 Å². The first-order valence-electron chi connectivity index (χ1n) is 31.0. The molecule has 0 aromatic heterocycles. The Labute approximate surface area is 514 Å². The zero-order valence-electron chi connectivity index (χ0n) is 56.8. The molecule has 23 nitrogen and oxygen atoms in total. The van der Waals surface area contributed by atoms with Crippen LogP contribution in [0.4, 0.5) is 0 Å². The molecule has 0 aromatic rings. The fourth-order valence-corrected chi connectivity index (χ4v) is 11.1. The Morgan fingerprint density at radius 3 is 1.22 bits per heavy atom. The van der Waals surface area contributed by atoms with Gasteiger partial charge in [-0.25, -0.2) is 0 Å². The van der Waals surface area contributed by atoms with E-state index in [4.69, 9.17) is 0 Å². The van der Waals surface area contributed by atoms with Crippen molar-refractivity contribution in [3.8, 4) is 0 Å². The minimum atomic E-state index is -1.82. The highest BCUT2D eigenvalue weighted by Gasteiger charge is 2.47. The van der Waals surface area contributed by atoms with Gasteiger partial charge in [0, 0.05) is 55.3 Å². The standard InChI is InChI=1S/C63H111N11O12/c1-26-31-32-41(16)53(76)52-57(80)66-45(34(6)7)59(82)68(19)33-44(75)69(20)48(37(12)27-2)56(79)67-46(35(8)9)60(83)71(22)49(38(13)28-3)55(78)64-42(17)54(77)65-43(18)58(81)72(23)50(39(14)29-4)63(86)73(24)51(40(15)30-5)62(85)70(21)47(36(10)11)61(84)74(52)25/h26,31,34-43,45-52H,27-30,32-33H2,1-25H3,(H,64,78)(H,65,77)(H,66,80)(H,67,79). The van der Waals surface area contributed by atoms with Crippen molar-refractivity contribution in [1.29, 1.82) is 0 Å². The first kappa shape index (κ1) is 77.6. The third-order valence-electron chi connectivity index (χ3n) is 17.7. The van der Waals surface area contributed by atoms with Gasteiger partial charge in [0.25, 0.3) is 5.91 Å². The summed E-state index contributed by atoms with van der Waals surface area (Å²) >= 11 is 0. The third kappa shape index (κ3) is 19.3. The summed E-state index contributed by atoms with van der Waals surface area (Å²) < 4.78 is 0. The summed E-state index contributed by atoms with van der Waals surface area (Å²) in [6.07, 6.45) is 5.37. The summed E-state index contributed by atoms with van der Waals surface area (Å²) in [6, 6.07) is -12.8. The van der Waals surface area contributed by atoms with Crippen molar-refractivity contribution >= 4 is 70.8 Å². The smallest absolute Gasteiger partial charge is 0.251 e. The Morgan fingerprint density at radius 2 is 0.791 bits per heavy atom. The van der Waals surface area contributed by atoms with Gasteiger partial charge in [0.15, 0.2) is 11.8 Å². The molecule has 0 radical (unpaired) electrons. The molecule has 1 fully saturated rings. The molecule has 11 amide bonds. The Hall–Kier alpha value is -6.42. The molecule has 86 heavy (non-hydrogen) atoms. The normalized spacial score (nSPS) is 27.6. The number of carbonyl (C=O) groups is 12. The van der Waals surface area contributed by atoms with Crippen LogP contribution in [-0.4, -0.2) is 221 Å². The number of carbonyl (C=O) groups excluding carboxylic acids is 12. The van der Waals surface area contributed by atoms with E-state index in [-0.39, 0.29) is 6.42 Å². The predicted octanol–water partition coefficient (Wildman–Crippen LogP) is 3.72. The molecule has 0 saturated carbocycles. The molecule has 15 unspecified atom stereocenters. The van der Waals surface area contributed by atoms with E-state index in [9.17, 15) is 43.2 Å². The number of allylic oxidation sites excluding steroid dienone is 2. The molecule has 1 rings (SSSR count). The quantitative estimate of drug-likeness (QED) is 0.135. The predicted molar refractivity (Wildman–Crippen MR) is 332 cm³/mol. The number of nitrogens with zero attached hydrogens (tertiary/aromatic N) is 7. The lowest BCUT2D eigenvalue weighted by Crippen LogP contribution is -2.64. The molecular formula is C63H111N11O12. The van der Waals surface area contributed by atoms with Crippen LogP contribution in [0.1, 0.15) is 157 Å². The second kappa shape index (κ2) is 34.8. The molecule has 0 spiro atoms. The van der Waals surface area contributed by atoms with Crippen LogP contribution in [0.25, 0.3) is 0 Å². The lowest BCUT2D eigenvalue weighted by Gasteiger charge is -2.42. The maximum Gasteiger partial charge on any atom is 0.251 e. The SMILES string of the molecule is CC=CCC(C)C(=O)C1C(=O)NC(C(C)C)C(=O)N(C)CC(=O)N(C)C(C(C)CC)C(=O)NC(C(C)C)C(=O)N(C)C(C(C)CC)C(=O)NC(C)C(=O)NC(C)C(=O)N(C)C(C(C)CC)C(=O)N(C)C(C(C)CC)C(=O)N(C)C(C(C)C)C(=O)N1C. The minimum absolute atomic E-state index is 0.207. The van der Waals surface area contributed by atoms with Gasteiger partial charge in [0.2, 0.25) is 59.1 Å². The summed E-state index contributed by atoms with van der Waals surface area (Å²) in [7, 11) is 9.82. The first-order valence-corrected chi connectivity index (χ1v) is 31.0. The number of likely N-dealkylation sites (N-methyl/N-ethyl adjacent to an activating group) is 7. The molecule has 4 N–H and O–H groups in total. The number of hydrogen-bond donors (Lipinski definition) is 4. The molecule has 1 heterocycles. The highest BCUT2D eigenvalue weighted by Crippen LogP contribution is 2.27. The number of rotatable bonds is 15. The minimum Gasteiger partial charge on any atom is -0.343 e. The average Bonchev–Trinajstić information content (AvgIpc) is 1.57. The van der Waals surface area contributed by atoms with Crippen molar-refractivity contribution in [1.82, 2.24) is 55.6 Å². The number of ketones is 1. The van der Waals surface area contributed by atoms with E-state index in [2.05, 4.69) is 21.3 Å². The average molecular weight is 1210 g/mol. The highest BCUT2D eigenvalue weighted by atomic mass is 16.2. The summed E-state index contributed by atoms with van der Waals surface area (Å²) in [6.45, 7) is 30.3. The second-order valence-corrected chi connectivity index (χ2v) is 25.4. The molecule has 490 valence electrons. The van der Waals surface area contributed by atoms with Crippen molar-refractivity contribution in [2.75, 3.05) is 55.9 Å².